The molecular formula is C25H29FN4O3. The van der Waals surface area contributed by atoms with Crippen LogP contribution >= 0.6 is 0 Å². The molecule has 0 radical (unpaired) electrons. The highest BCUT2D eigenvalue weighted by Gasteiger charge is 2.18. The monoisotopic (exact) mass is 452 g/mol. The minimum absolute atomic E-state index is 0.155. The van der Waals surface area contributed by atoms with Gasteiger partial charge >= 0.3 is 5.97 Å². The number of ether oxygens (including phenoxy) is 1. The highest BCUT2D eigenvalue weighted by molar-refractivity contribution is 5.88. The van der Waals surface area contributed by atoms with Crippen LogP contribution in [-0.4, -0.2) is 51.7 Å². The molecule has 1 atom stereocenters. The molecule has 4 rings (SSSR count). The second-order valence-electron chi connectivity index (χ2n) is 7.50. The van der Waals surface area contributed by atoms with Crippen molar-refractivity contribution in [1.82, 2.24) is 14.9 Å². The fraction of sp³-hybridized carbons (Fsp3) is 0.320. The van der Waals surface area contributed by atoms with E-state index >= 15 is 0 Å². The molecule has 1 saturated heterocycles. The first-order chi connectivity index (χ1) is 16.0. The number of aromatic nitrogens is 2. The summed E-state index contributed by atoms with van der Waals surface area (Å²) in [6.07, 6.45) is 1.75. The van der Waals surface area contributed by atoms with Crippen molar-refractivity contribution in [2.24, 2.45) is 0 Å². The summed E-state index contributed by atoms with van der Waals surface area (Å²) in [5.41, 5.74) is 2.78. The number of hydrogen-bond donors (Lipinski definition) is 2. The lowest BCUT2D eigenvalue weighted by Gasteiger charge is -2.31. The molecule has 0 spiro atoms. The van der Waals surface area contributed by atoms with Gasteiger partial charge in [0.05, 0.1) is 24.0 Å². The van der Waals surface area contributed by atoms with Gasteiger partial charge < -0.3 is 15.2 Å². The molecule has 1 aromatic heterocycles. The molecule has 0 aliphatic carbocycles. The van der Waals surface area contributed by atoms with Gasteiger partial charge in [-0.25, -0.2) is 19.2 Å². The van der Waals surface area contributed by atoms with Crippen LogP contribution in [0.3, 0.4) is 0 Å². The number of nitrogens with one attached hydrogen (secondary N) is 1. The van der Waals surface area contributed by atoms with Crippen LogP contribution in [0.2, 0.25) is 0 Å². The molecule has 8 heteroatoms. The van der Waals surface area contributed by atoms with Crippen molar-refractivity contribution in [1.29, 1.82) is 0 Å². The number of morpholine rings is 1. The largest absolute Gasteiger partial charge is 0.478 e. The van der Waals surface area contributed by atoms with E-state index in [4.69, 9.17) is 9.84 Å². The van der Waals surface area contributed by atoms with Gasteiger partial charge in [-0.15, -0.1) is 0 Å². The Morgan fingerprint density at radius 1 is 1.21 bits per heavy atom. The zero-order valence-corrected chi connectivity index (χ0v) is 19.1. The third-order valence-electron chi connectivity index (χ3n) is 5.11. The Morgan fingerprint density at radius 3 is 2.64 bits per heavy atom. The van der Waals surface area contributed by atoms with Crippen LogP contribution in [0.25, 0.3) is 11.3 Å². The van der Waals surface area contributed by atoms with Gasteiger partial charge in [-0.1, -0.05) is 32.0 Å². The maximum atomic E-state index is 14.7. The van der Waals surface area contributed by atoms with Crippen LogP contribution in [0.5, 0.6) is 0 Å². The molecule has 1 aliphatic rings. The summed E-state index contributed by atoms with van der Waals surface area (Å²) < 4.78 is 20.2. The number of rotatable bonds is 6. The van der Waals surface area contributed by atoms with Crippen LogP contribution in [0.15, 0.2) is 54.7 Å². The zero-order chi connectivity index (χ0) is 23.8. The molecule has 2 heterocycles. The van der Waals surface area contributed by atoms with Crippen molar-refractivity contribution in [3.05, 3.63) is 71.7 Å². The number of benzene rings is 2. The van der Waals surface area contributed by atoms with Crippen molar-refractivity contribution in [3.63, 3.8) is 0 Å². The van der Waals surface area contributed by atoms with E-state index in [2.05, 4.69) is 20.2 Å². The molecule has 0 amide bonds. The van der Waals surface area contributed by atoms with Gasteiger partial charge in [0.1, 0.15) is 5.82 Å². The Balaban J connectivity index is 0.00000149. The number of aromatic carboxylic acids is 1. The van der Waals surface area contributed by atoms with Crippen LogP contribution in [-0.2, 0) is 11.3 Å². The van der Waals surface area contributed by atoms with Crippen LogP contribution in [0, 0.1) is 5.82 Å². The van der Waals surface area contributed by atoms with Crippen molar-refractivity contribution >= 4 is 17.6 Å². The lowest BCUT2D eigenvalue weighted by Crippen LogP contribution is -2.40. The fourth-order valence-corrected chi connectivity index (χ4v) is 3.52. The average molecular weight is 453 g/mol. The molecule has 2 aromatic carbocycles. The molecule has 7 nitrogen and oxygen atoms in total. The molecule has 1 unspecified atom stereocenters. The topological polar surface area (TPSA) is 87.6 Å². The molecule has 33 heavy (non-hydrogen) atoms. The maximum Gasteiger partial charge on any atom is 0.335 e. The normalized spacial score (nSPS) is 15.9. The highest BCUT2D eigenvalue weighted by Crippen LogP contribution is 2.22. The van der Waals surface area contributed by atoms with Gasteiger partial charge in [0.15, 0.2) is 0 Å². The summed E-state index contributed by atoms with van der Waals surface area (Å²) in [6.45, 7) is 8.79. The van der Waals surface area contributed by atoms with Gasteiger partial charge in [0.25, 0.3) is 0 Å². The summed E-state index contributed by atoms with van der Waals surface area (Å²) >= 11 is 0. The molecule has 174 valence electrons. The minimum atomic E-state index is -0.981. The van der Waals surface area contributed by atoms with Gasteiger partial charge in [0.2, 0.25) is 5.95 Å². The average Bonchev–Trinajstić information content (AvgIpc) is 2.82. The predicted molar refractivity (Wildman–Crippen MR) is 126 cm³/mol. The summed E-state index contributed by atoms with van der Waals surface area (Å²) in [5, 5.41) is 12.1. The summed E-state index contributed by atoms with van der Waals surface area (Å²) in [6, 6.07) is 13.2. The van der Waals surface area contributed by atoms with E-state index in [0.29, 0.717) is 36.0 Å². The third kappa shape index (κ3) is 6.57. The van der Waals surface area contributed by atoms with E-state index in [-0.39, 0.29) is 17.5 Å². The van der Waals surface area contributed by atoms with Crippen molar-refractivity contribution in [2.45, 2.75) is 33.4 Å². The maximum absolute atomic E-state index is 14.7. The number of carboxylic acids is 1. The number of nitrogens with zero attached hydrogens (tertiary/aromatic N) is 3. The molecule has 2 N–H and O–H groups in total. The summed E-state index contributed by atoms with van der Waals surface area (Å²) in [4.78, 5) is 21.8. The van der Waals surface area contributed by atoms with Gasteiger partial charge in [-0.2, -0.15) is 0 Å². The lowest BCUT2D eigenvalue weighted by molar-refractivity contribution is -0.0215. The van der Waals surface area contributed by atoms with Crippen molar-refractivity contribution in [2.75, 3.05) is 25.0 Å². The minimum Gasteiger partial charge on any atom is -0.478 e. The van der Waals surface area contributed by atoms with E-state index in [0.717, 1.165) is 18.7 Å². The number of anilines is 2. The molecule has 1 aliphatic heterocycles. The lowest BCUT2D eigenvalue weighted by atomic mass is 10.1. The smallest absolute Gasteiger partial charge is 0.335 e. The molecular weight excluding hydrogens is 423 g/mol. The summed E-state index contributed by atoms with van der Waals surface area (Å²) in [5.74, 6) is -0.941. The Kier molecular flexibility index (Phi) is 8.46. The predicted octanol–water partition coefficient (Wildman–Crippen LogP) is 4.97. The Hall–Kier alpha value is -3.36. The third-order valence-corrected chi connectivity index (χ3v) is 5.11. The van der Waals surface area contributed by atoms with Crippen LogP contribution in [0.4, 0.5) is 16.0 Å². The second kappa shape index (κ2) is 11.5. The van der Waals surface area contributed by atoms with E-state index in [9.17, 15) is 9.18 Å². The van der Waals surface area contributed by atoms with Gasteiger partial charge in [-0.05, 0) is 37.3 Å². The quantitative estimate of drug-likeness (QED) is 0.546. The van der Waals surface area contributed by atoms with Crippen LogP contribution in [0.1, 0.15) is 36.7 Å². The SMILES string of the molecule is CC.CC1CN(Cc2ccc(Nc3nccc(-c4ccc(C(=O)O)cc4)n3)cc2F)CCO1. The second-order valence-corrected chi connectivity index (χ2v) is 7.50. The fourth-order valence-electron chi connectivity index (χ4n) is 3.52. The summed E-state index contributed by atoms with van der Waals surface area (Å²) in [7, 11) is 0. The first-order valence-corrected chi connectivity index (χ1v) is 11.0. The van der Waals surface area contributed by atoms with Crippen molar-refractivity contribution in [3.8, 4) is 11.3 Å². The van der Waals surface area contributed by atoms with Crippen LogP contribution < -0.4 is 5.32 Å². The van der Waals surface area contributed by atoms with Crippen molar-refractivity contribution < 1.29 is 19.0 Å². The van der Waals surface area contributed by atoms with E-state index in [1.165, 1.54) is 18.2 Å². The molecule has 3 aromatic rings. The molecule has 1 fully saturated rings. The Bertz CT molecular complexity index is 1080. The molecule has 0 saturated carbocycles. The van der Waals surface area contributed by atoms with E-state index in [1.807, 2.05) is 20.8 Å². The molecule has 0 bridgehead atoms. The first-order valence-electron chi connectivity index (χ1n) is 11.0. The van der Waals surface area contributed by atoms with Gasteiger partial charge in [0, 0.05) is 42.6 Å². The number of carbonyl (C=O) groups is 1. The number of hydrogen-bond acceptors (Lipinski definition) is 6. The Morgan fingerprint density at radius 2 is 1.97 bits per heavy atom. The standard InChI is InChI=1S/C23H23FN4O3.C2H6/c1-15-13-28(10-11-31-15)14-18-6-7-19(12-20(18)24)26-23-25-9-8-21(27-23)16-2-4-17(5-3-16)22(29)30;1-2/h2-9,12,15H,10-11,13-14H2,1H3,(H,29,30)(H,25,26,27);1-2H3. The zero-order valence-electron chi connectivity index (χ0n) is 19.1. The van der Waals surface area contributed by atoms with E-state index in [1.54, 1.807) is 36.5 Å². The highest BCUT2D eigenvalue weighted by atomic mass is 19.1. The van der Waals surface area contributed by atoms with E-state index < -0.39 is 5.97 Å². The van der Waals surface area contributed by atoms with Gasteiger partial charge in [-0.3, -0.25) is 4.90 Å². The number of halogens is 1. The first kappa shape index (κ1) is 24.3. The number of carboxylic acid groups (broad SMARTS) is 1. The Labute approximate surface area is 193 Å².